The first-order chi connectivity index (χ1) is 2.81. The van der Waals surface area contributed by atoms with Crippen molar-refractivity contribution in [2.45, 2.75) is 0 Å². The van der Waals surface area contributed by atoms with E-state index in [0.29, 0.717) is 0 Å². The Balaban J connectivity index is 4.16. The fourth-order valence-corrected chi connectivity index (χ4v) is 0.274. The van der Waals surface area contributed by atoms with E-state index < -0.39 is 9.32 Å². The van der Waals surface area contributed by atoms with Gasteiger partial charge in [-0.05, 0) is 0 Å². The Morgan fingerprint density at radius 3 is 2.33 bits per heavy atom. The van der Waals surface area contributed by atoms with Gasteiger partial charge in [-0.15, -0.1) is 4.91 Å². The van der Waals surface area contributed by atoms with Crippen LogP contribution in [0.3, 0.4) is 0 Å². The van der Waals surface area contributed by atoms with Gasteiger partial charge >= 0.3 is 0 Å². The van der Waals surface area contributed by atoms with Crippen LogP contribution in [-0.2, 0) is 9.32 Å². The van der Waals surface area contributed by atoms with Crippen molar-refractivity contribution >= 4 is 19.4 Å². The highest BCUT2D eigenvalue weighted by atomic mass is 32.7. The highest BCUT2D eigenvalue weighted by molar-refractivity contribution is 8.27. The van der Waals surface area contributed by atoms with Gasteiger partial charge in [-0.2, -0.15) is 4.21 Å². The van der Waals surface area contributed by atoms with Gasteiger partial charge in [-0.3, -0.25) is 0 Å². The van der Waals surface area contributed by atoms with E-state index in [1.54, 1.807) is 6.26 Å². The van der Waals surface area contributed by atoms with E-state index in [4.69, 9.17) is 4.91 Å². The van der Waals surface area contributed by atoms with Gasteiger partial charge in [0.2, 0.25) is 0 Å². The average molecular weight is 125 g/mol. The van der Waals surface area contributed by atoms with Gasteiger partial charge in [-0.25, -0.2) is 0 Å². The molecule has 0 N–H and O–H groups in total. The maximum atomic E-state index is 9.78. The number of nitroso groups, excluding NO2 is 1. The quantitative estimate of drug-likeness (QED) is 0.447. The second-order valence-electron chi connectivity index (χ2n) is 0.458. The van der Waals surface area contributed by atoms with E-state index in [1.165, 1.54) is 0 Å². The maximum absolute atomic E-state index is 9.78. The SMILES string of the molecule is CS#S(=O)N=O. The third kappa shape index (κ3) is 2.10. The summed E-state index contributed by atoms with van der Waals surface area (Å²) in [5.41, 5.74) is 0. The molecule has 0 heterocycles. The van der Waals surface area contributed by atoms with E-state index in [1.807, 2.05) is 0 Å². The molecule has 0 saturated carbocycles. The van der Waals surface area contributed by atoms with Crippen LogP contribution in [0.5, 0.6) is 0 Å². The van der Waals surface area contributed by atoms with Crippen LogP contribution in [-0.4, -0.2) is 10.5 Å². The Labute approximate surface area is 40.1 Å². The van der Waals surface area contributed by atoms with Gasteiger partial charge < -0.3 is 0 Å². The van der Waals surface area contributed by atoms with Crippen molar-refractivity contribution in [1.29, 1.82) is 0 Å². The van der Waals surface area contributed by atoms with Gasteiger partial charge in [-0.1, -0.05) is 10.1 Å². The van der Waals surface area contributed by atoms with Gasteiger partial charge in [0, 0.05) is 6.26 Å². The zero-order chi connectivity index (χ0) is 4.99. The summed E-state index contributed by atoms with van der Waals surface area (Å²) in [6.45, 7) is 0. The van der Waals surface area contributed by atoms with Crippen molar-refractivity contribution in [3.05, 3.63) is 4.91 Å². The summed E-state index contributed by atoms with van der Waals surface area (Å²) in [5, 5.41) is 0. The van der Waals surface area contributed by atoms with Crippen molar-refractivity contribution in [3.8, 4) is 0 Å². The predicted octanol–water partition coefficient (Wildman–Crippen LogP) is 0.695. The zero-order valence-corrected chi connectivity index (χ0v) is 4.71. The second-order valence-corrected chi connectivity index (χ2v) is 3.23. The smallest absolute Gasteiger partial charge is 0.192 e. The fourth-order valence-electron chi connectivity index (χ4n) is 0.0304. The highest BCUT2D eigenvalue weighted by Gasteiger charge is 1.60. The molecule has 0 atom stereocenters. The first kappa shape index (κ1) is 5.84. The molecule has 0 aliphatic heterocycles. The third-order valence-electron chi connectivity index (χ3n) is 0.203. The number of hydrogen-bond donors (Lipinski definition) is 0. The molecular weight excluding hydrogens is 122 g/mol. The van der Waals surface area contributed by atoms with Gasteiger partial charge in [0.25, 0.3) is 0 Å². The molecule has 0 unspecified atom stereocenters. The van der Waals surface area contributed by atoms with Gasteiger partial charge in [0.15, 0.2) is 9.32 Å². The zero-order valence-electron chi connectivity index (χ0n) is 3.08. The number of rotatable bonds is 0. The van der Waals surface area contributed by atoms with Crippen LogP contribution in [0.25, 0.3) is 0 Å². The molecule has 0 amide bonds. The van der Waals surface area contributed by atoms with Gasteiger partial charge in [0.1, 0.15) is 0 Å². The molecule has 5 heteroatoms. The Kier molecular flexibility index (Phi) is 2.97. The topological polar surface area (TPSA) is 46.5 Å². The molecule has 0 saturated heterocycles. The molecule has 0 radical (unpaired) electrons. The lowest BCUT2D eigenvalue weighted by Crippen LogP contribution is -1.46. The Bertz CT molecular complexity index is 162. The number of nitrogens with zero attached hydrogens (tertiary/aromatic N) is 1. The summed E-state index contributed by atoms with van der Waals surface area (Å²) in [6.07, 6.45) is 1.55. The average Bonchev–Trinajstić information content (AvgIpc) is 1.65. The lowest BCUT2D eigenvalue weighted by molar-refractivity contribution is 0.694. The molecule has 0 aliphatic carbocycles. The van der Waals surface area contributed by atoms with Crippen molar-refractivity contribution in [3.63, 3.8) is 0 Å². The minimum Gasteiger partial charge on any atom is -0.192 e. The lowest BCUT2D eigenvalue weighted by atomic mass is 12.0. The van der Waals surface area contributed by atoms with Crippen LogP contribution in [0, 0.1) is 4.91 Å². The highest BCUT2D eigenvalue weighted by Crippen LogP contribution is 1.70. The van der Waals surface area contributed by atoms with Crippen LogP contribution < -0.4 is 0 Å². The lowest BCUT2D eigenvalue weighted by Gasteiger charge is -1.48. The van der Waals surface area contributed by atoms with E-state index in [9.17, 15) is 4.21 Å². The van der Waals surface area contributed by atoms with Crippen molar-refractivity contribution in [2.24, 2.45) is 4.58 Å². The minimum absolute atomic E-state index is 0.918. The summed E-state index contributed by atoms with van der Waals surface area (Å²) >= 11 is 0. The minimum atomic E-state index is -1.55. The molecule has 0 spiro atoms. The van der Waals surface area contributed by atoms with Crippen LogP contribution >= 0.6 is 10.1 Å². The van der Waals surface area contributed by atoms with Crippen LogP contribution in [0.15, 0.2) is 4.58 Å². The van der Waals surface area contributed by atoms with E-state index in [0.717, 1.165) is 10.1 Å². The molecule has 36 valence electrons. The monoisotopic (exact) mass is 125 g/mol. The van der Waals surface area contributed by atoms with E-state index in [-0.39, 0.29) is 0 Å². The molecule has 0 bridgehead atoms. The Morgan fingerprint density at radius 1 is 1.83 bits per heavy atom. The summed E-state index contributed by atoms with van der Waals surface area (Å²) in [7, 11) is -0.630. The van der Waals surface area contributed by atoms with Crippen LogP contribution in [0.1, 0.15) is 0 Å². The molecule has 0 aromatic heterocycles. The van der Waals surface area contributed by atoms with Crippen molar-refractivity contribution < 1.29 is 4.21 Å². The van der Waals surface area contributed by atoms with Crippen LogP contribution in [0.4, 0.5) is 0 Å². The normalized spacial score (nSPS) is 6.83. The second kappa shape index (κ2) is 3.05. The summed E-state index contributed by atoms with van der Waals surface area (Å²) in [4.78, 5) is 9.16. The van der Waals surface area contributed by atoms with E-state index in [2.05, 4.69) is 4.58 Å². The first-order valence-corrected chi connectivity index (χ1v) is 3.96. The predicted molar refractivity (Wildman–Crippen MR) is 27.5 cm³/mol. The molecule has 0 aliphatic rings. The molecular formula is CH3NO2S2. The third-order valence-corrected chi connectivity index (χ3v) is 1.65. The Morgan fingerprint density at radius 2 is 2.33 bits per heavy atom. The van der Waals surface area contributed by atoms with Crippen molar-refractivity contribution in [2.75, 3.05) is 6.26 Å². The standard InChI is InChI=1S/CH3NO2S2/c1-5-6(4)2-3/h1H3. The van der Waals surface area contributed by atoms with Crippen molar-refractivity contribution in [1.82, 2.24) is 0 Å². The van der Waals surface area contributed by atoms with Crippen LogP contribution in [0.2, 0.25) is 0 Å². The Hall–Kier alpha value is -0.160. The largest absolute Gasteiger partial charge is 0.194 e. The van der Waals surface area contributed by atoms with E-state index >= 15 is 0 Å². The molecule has 0 aromatic carbocycles. The fraction of sp³-hybridized carbons (Fsp3) is 1.00. The number of hydrogen-bond acceptors (Lipinski definition) is 2. The summed E-state index contributed by atoms with van der Waals surface area (Å²) in [6, 6.07) is 0. The first-order valence-electron chi connectivity index (χ1n) is 1.11. The molecule has 6 heavy (non-hydrogen) atoms. The molecule has 3 nitrogen and oxygen atoms in total. The summed E-state index contributed by atoms with van der Waals surface area (Å²) in [5.74, 6) is 0. The van der Waals surface area contributed by atoms with Gasteiger partial charge in [0.05, 0.1) is 4.58 Å². The molecule has 0 rings (SSSR count). The molecule has 0 aromatic rings. The molecule has 0 fully saturated rings. The maximum Gasteiger partial charge on any atom is 0.194 e. The summed E-state index contributed by atoms with van der Waals surface area (Å²) < 4.78 is 12.0.